The lowest BCUT2D eigenvalue weighted by molar-refractivity contribution is -0.157. The zero-order valence-electron chi connectivity index (χ0n) is 68.5. The Bertz CT molecular complexity index is 3790. The van der Waals surface area contributed by atoms with E-state index in [1.54, 1.807) is 27.7 Å². The van der Waals surface area contributed by atoms with Crippen LogP contribution in [0.4, 0.5) is 0 Å². The van der Waals surface area contributed by atoms with E-state index >= 15 is 0 Å². The normalized spacial score (nSPS) is 22.1. The molecule has 18 heteroatoms. The van der Waals surface area contributed by atoms with Crippen LogP contribution in [-0.4, -0.2) is 94.9 Å². The monoisotopic (exact) mass is 1580 g/mol. The number of aliphatic hydroxyl groups excluding tert-OH is 2. The first-order chi connectivity index (χ1) is 49.1. The highest BCUT2D eigenvalue weighted by molar-refractivity contribution is 6.03. The number of hydrogen-bond donors (Lipinski definition) is 6. The van der Waals surface area contributed by atoms with E-state index in [0.717, 1.165) is 79.7 Å². The largest absolute Gasteiger partial charge is 0.453 e. The molecule has 0 aromatic heterocycles. The first kappa shape index (κ1) is 104. The average Bonchev–Trinajstić information content (AvgIpc) is 0.800. The number of aliphatic hydroxyl groups is 2. The summed E-state index contributed by atoms with van der Waals surface area (Å²) >= 11 is 0. The highest BCUT2D eigenvalue weighted by atomic mass is 35.5. The molecule has 14 nitrogen and oxygen atoms in total. The van der Waals surface area contributed by atoms with Gasteiger partial charge in [-0.15, -0.1) is 49.6 Å². The number of unbranched alkanes of at least 4 members (excludes halogenated alkanes) is 1. The first-order valence-electron chi connectivity index (χ1n) is 37.0. The molecule has 0 aromatic rings. The van der Waals surface area contributed by atoms with Crippen LogP contribution < -0.4 is 22.9 Å². The van der Waals surface area contributed by atoms with E-state index in [-0.39, 0.29) is 94.4 Å². The van der Waals surface area contributed by atoms with Gasteiger partial charge in [-0.1, -0.05) is 277 Å². The fourth-order valence-electron chi connectivity index (χ4n) is 12.9. The second kappa shape index (κ2) is 49.9. The van der Waals surface area contributed by atoms with E-state index < -0.39 is 48.4 Å². The molecule has 4 aliphatic carbocycles. The maximum atomic E-state index is 13.2. The second-order valence-electron chi connectivity index (χ2n) is 31.1. The maximum Gasteiger partial charge on any atom is 0.323 e. The lowest BCUT2D eigenvalue weighted by Gasteiger charge is -2.36. The number of ether oxygens (including phenoxy) is 2. The number of carbonyl (C=O) groups excluding carboxylic acids is 6. The number of halogens is 4. The molecule has 10 N–H and O–H groups in total. The zero-order valence-corrected chi connectivity index (χ0v) is 71.8. The summed E-state index contributed by atoms with van der Waals surface area (Å²) < 4.78 is 11.2. The van der Waals surface area contributed by atoms with Gasteiger partial charge in [0.15, 0.2) is 35.3 Å². The Labute approximate surface area is 678 Å². The van der Waals surface area contributed by atoms with Crippen LogP contribution in [0.2, 0.25) is 0 Å². The van der Waals surface area contributed by atoms with Gasteiger partial charge in [0, 0.05) is 12.8 Å². The van der Waals surface area contributed by atoms with Crippen molar-refractivity contribution in [3.63, 3.8) is 0 Å². The summed E-state index contributed by atoms with van der Waals surface area (Å²) in [6.45, 7) is 40.9. The molecule has 6 unspecified atom stereocenters. The molecule has 0 fully saturated rings. The molecule has 602 valence electrons. The van der Waals surface area contributed by atoms with Crippen LogP contribution in [0.15, 0.2) is 259 Å². The lowest BCUT2D eigenvalue weighted by Crippen LogP contribution is -2.42. The second-order valence-corrected chi connectivity index (χ2v) is 31.1. The van der Waals surface area contributed by atoms with Gasteiger partial charge in [-0.3, -0.25) is 28.8 Å². The van der Waals surface area contributed by atoms with Gasteiger partial charge < -0.3 is 42.6 Å². The Morgan fingerprint density at radius 1 is 0.367 bits per heavy atom. The van der Waals surface area contributed by atoms with Gasteiger partial charge in [0.05, 0.1) is 0 Å². The molecule has 0 bridgehead atoms. The summed E-state index contributed by atoms with van der Waals surface area (Å²) in [5, 5.41) is 20.0. The van der Waals surface area contributed by atoms with Crippen LogP contribution in [0.25, 0.3) is 0 Å². The first-order valence-corrected chi connectivity index (χ1v) is 37.0. The summed E-state index contributed by atoms with van der Waals surface area (Å²) in [5.41, 5.74) is 36.7. The molecule has 0 aromatic carbocycles. The van der Waals surface area contributed by atoms with Crippen LogP contribution >= 0.6 is 49.6 Å². The van der Waals surface area contributed by atoms with Gasteiger partial charge in [0.2, 0.25) is 0 Å². The van der Waals surface area contributed by atoms with Crippen molar-refractivity contribution in [3.05, 3.63) is 259 Å². The Morgan fingerprint density at radius 2 is 0.587 bits per heavy atom. The van der Waals surface area contributed by atoms with Crippen LogP contribution in [-0.2, 0) is 38.2 Å². The molecule has 0 amide bonds. The lowest BCUT2D eigenvalue weighted by atomic mass is 9.71. The SMILES string of the molecule is CC1=C(/C=C/C(C)=C/C=C/C(C)=C/C=C/C=C(C)/C=C/C=C(C)/C=C/C2=C(C)C(=O)C(O)CC2(C)C)C(C)(C)CC(O)C1=O.CC1=C(/C=C/C(C)=C/C=C/C(C)=C/C=C/C=C(C)/C=C/C=C(C)/C=C/C2=C(C)C(=O)C(OC(=O)C(N)CCCCN)CC2(C)C)C(C)(C)CC(OC(=O)C(N)CCCN)C1=O.Cl.Cl.Cl.Cl. The van der Waals surface area contributed by atoms with Crippen molar-refractivity contribution in [3.8, 4) is 0 Å². The molecule has 4 aliphatic rings. The number of nitrogens with two attached hydrogens (primary N) is 4. The summed E-state index contributed by atoms with van der Waals surface area (Å²) in [4.78, 5) is 75.9. The fourth-order valence-corrected chi connectivity index (χ4v) is 12.9. The van der Waals surface area contributed by atoms with Gasteiger partial charge in [-0.05, 0) is 201 Å². The van der Waals surface area contributed by atoms with Crippen molar-refractivity contribution >= 4 is 84.7 Å². The summed E-state index contributed by atoms with van der Waals surface area (Å²) in [6.07, 6.45) is 57.8. The Kier molecular flexibility index (Phi) is 47.6. The number of Topliss-reactive ketones (excluding diaryl/α,β-unsaturated/α-hetero) is 4. The van der Waals surface area contributed by atoms with Gasteiger partial charge in [-0.2, -0.15) is 0 Å². The van der Waals surface area contributed by atoms with Gasteiger partial charge in [0.25, 0.3) is 0 Å². The minimum absolute atomic E-state index is 0. The molecule has 0 radical (unpaired) electrons. The molecular formula is C91H130Cl4N4O10. The minimum atomic E-state index is -0.907. The van der Waals surface area contributed by atoms with Gasteiger partial charge >= 0.3 is 11.9 Å². The van der Waals surface area contributed by atoms with Crippen molar-refractivity contribution in [1.82, 2.24) is 0 Å². The standard InChI is InChI=1S/C51H74N4O6.C40H52O4.4ClH/c1-34(20-15-22-36(3)26-28-40-38(5)46(56)44(32-50(40,7)8)60-48(58)42(54)24-13-14-30-52)18-11-12-19-35(2)21-16-23-37(4)27-29-41-39(6)47(57)45(33-51(41,9)10)61-49(59)43(55)25-17-31-53;1-27(17-13-19-29(3)21-23-33-31(5)37(43)35(41)25-39(33,7)8)15-11-12-16-28(2)18-14-20-30(4)22-24-34-32(6)38(44)36(42)26-40(34,9)10;;;;/h11-12,15-16,18-23,26-29,42-45H,13-14,17,24-25,30-33,52-55H2,1-10H3;11-24,35-36,41-42H,25-26H2,1-10H3;4*1H/b12-11+,20-15+,21-16+,28-26+,29-27+,34-18+,35-19+,36-22+,37-23+;12-11+,17-13+,18-14+,23-21+,24-22+,27-15+,28-16+,29-19+,30-20+;;;;. The van der Waals surface area contributed by atoms with Gasteiger partial charge in [-0.25, -0.2) is 0 Å². The predicted octanol–water partition coefficient (Wildman–Crippen LogP) is 19.1. The number of allylic oxidation sites excluding steroid dienone is 40. The van der Waals surface area contributed by atoms with E-state index in [0.29, 0.717) is 80.3 Å². The molecule has 0 spiro atoms. The van der Waals surface area contributed by atoms with E-state index in [9.17, 15) is 39.0 Å². The number of hydrogen-bond acceptors (Lipinski definition) is 14. The highest BCUT2D eigenvalue weighted by Crippen LogP contribution is 2.44. The topological polar surface area (TPSA) is 265 Å². The molecule has 109 heavy (non-hydrogen) atoms. The molecule has 0 heterocycles. The van der Waals surface area contributed by atoms with Gasteiger partial charge in [0.1, 0.15) is 24.3 Å². The summed E-state index contributed by atoms with van der Waals surface area (Å²) in [6, 6.07) is -1.55. The smallest absolute Gasteiger partial charge is 0.323 e. The van der Waals surface area contributed by atoms with Crippen molar-refractivity contribution in [2.24, 2.45) is 44.6 Å². The van der Waals surface area contributed by atoms with E-state index in [1.807, 2.05) is 187 Å². The average molecular weight is 1580 g/mol. The van der Waals surface area contributed by atoms with E-state index in [2.05, 4.69) is 93.5 Å². The summed E-state index contributed by atoms with van der Waals surface area (Å²) in [5.74, 6) is -1.82. The number of esters is 2. The van der Waals surface area contributed by atoms with Crippen LogP contribution in [0, 0.1) is 21.7 Å². The summed E-state index contributed by atoms with van der Waals surface area (Å²) in [7, 11) is 0. The molecule has 4 rings (SSSR count). The van der Waals surface area contributed by atoms with E-state index in [4.69, 9.17) is 32.4 Å². The van der Waals surface area contributed by atoms with Crippen LogP contribution in [0.1, 0.15) is 196 Å². The Morgan fingerprint density at radius 3 is 0.844 bits per heavy atom. The molecule has 0 saturated heterocycles. The van der Waals surface area contributed by atoms with E-state index in [1.165, 1.54) is 0 Å². The molecule has 0 aliphatic heterocycles. The predicted molar refractivity (Wildman–Crippen MR) is 464 cm³/mol. The van der Waals surface area contributed by atoms with Crippen molar-refractivity contribution in [1.29, 1.82) is 0 Å². The third kappa shape index (κ3) is 35.0. The number of rotatable bonds is 31. The number of ketones is 4. The van der Waals surface area contributed by atoms with Crippen molar-refractivity contribution in [2.75, 3.05) is 13.1 Å². The van der Waals surface area contributed by atoms with Crippen molar-refractivity contribution in [2.45, 2.75) is 233 Å². The quantitative estimate of drug-likeness (QED) is 0.0214. The maximum absolute atomic E-state index is 13.2. The van der Waals surface area contributed by atoms with Crippen LogP contribution in [0.3, 0.4) is 0 Å². The molecular weight excluding hydrogens is 1450 g/mol. The highest BCUT2D eigenvalue weighted by Gasteiger charge is 2.43. The third-order valence-electron chi connectivity index (χ3n) is 19.4. The van der Waals surface area contributed by atoms with Crippen molar-refractivity contribution < 1.29 is 48.5 Å². The third-order valence-corrected chi connectivity index (χ3v) is 19.4. The zero-order chi connectivity index (χ0) is 79.2. The van der Waals surface area contributed by atoms with Crippen LogP contribution in [0.5, 0.6) is 0 Å². The number of carbonyl (C=O) groups is 6. The Balaban J connectivity index is 0. The minimum Gasteiger partial charge on any atom is -0.453 e. The Hall–Kier alpha value is -7.18. The molecule has 0 saturated carbocycles. The fraction of sp³-hybridized carbons (Fsp3) is 0.451. The molecule has 6 atom stereocenters.